The Morgan fingerprint density at radius 1 is 0.958 bits per heavy atom. The zero-order valence-corrected chi connectivity index (χ0v) is 14.1. The van der Waals surface area contributed by atoms with E-state index in [4.69, 9.17) is 4.98 Å². The SMILES string of the molecule is CC(C)CCn1c(-c2cccc3cccnc23)nc2ccccc21. The van der Waals surface area contributed by atoms with E-state index >= 15 is 0 Å². The number of hydrogen-bond acceptors (Lipinski definition) is 2. The fourth-order valence-electron chi connectivity index (χ4n) is 3.18. The summed E-state index contributed by atoms with van der Waals surface area (Å²) < 4.78 is 2.35. The summed E-state index contributed by atoms with van der Waals surface area (Å²) in [6.07, 6.45) is 2.98. The summed E-state index contributed by atoms with van der Waals surface area (Å²) in [5.41, 5.74) is 4.36. The topological polar surface area (TPSA) is 30.7 Å². The maximum atomic E-state index is 4.93. The van der Waals surface area contributed by atoms with Gasteiger partial charge < -0.3 is 4.57 Å². The van der Waals surface area contributed by atoms with Gasteiger partial charge in [0, 0.05) is 23.7 Å². The van der Waals surface area contributed by atoms with Crippen LogP contribution in [0.15, 0.2) is 60.8 Å². The molecule has 0 spiro atoms. The molecule has 24 heavy (non-hydrogen) atoms. The highest BCUT2D eigenvalue weighted by Gasteiger charge is 2.15. The molecule has 0 fully saturated rings. The molecule has 0 bridgehead atoms. The van der Waals surface area contributed by atoms with E-state index in [0.717, 1.165) is 40.8 Å². The minimum atomic E-state index is 0.657. The number of benzene rings is 2. The zero-order valence-electron chi connectivity index (χ0n) is 14.1. The van der Waals surface area contributed by atoms with E-state index in [9.17, 15) is 0 Å². The van der Waals surface area contributed by atoms with Gasteiger partial charge in [-0.1, -0.05) is 44.2 Å². The third-order valence-corrected chi connectivity index (χ3v) is 4.46. The van der Waals surface area contributed by atoms with Gasteiger partial charge >= 0.3 is 0 Å². The number of para-hydroxylation sites is 3. The van der Waals surface area contributed by atoms with E-state index in [1.165, 1.54) is 5.52 Å². The van der Waals surface area contributed by atoms with Gasteiger partial charge in [-0.3, -0.25) is 4.98 Å². The van der Waals surface area contributed by atoms with Crippen molar-refractivity contribution < 1.29 is 0 Å². The number of imidazole rings is 1. The van der Waals surface area contributed by atoms with Gasteiger partial charge in [0.15, 0.2) is 0 Å². The Labute approximate surface area is 142 Å². The smallest absolute Gasteiger partial charge is 0.143 e. The molecule has 4 aromatic rings. The Balaban J connectivity index is 1.96. The molecule has 0 amide bonds. The lowest BCUT2D eigenvalue weighted by atomic mass is 10.1. The second-order valence-electron chi connectivity index (χ2n) is 6.64. The van der Waals surface area contributed by atoms with Crippen LogP contribution in [-0.2, 0) is 6.54 Å². The molecule has 0 saturated heterocycles. The van der Waals surface area contributed by atoms with Crippen LogP contribution in [0.1, 0.15) is 20.3 Å². The predicted octanol–water partition coefficient (Wildman–Crippen LogP) is 5.30. The minimum Gasteiger partial charge on any atom is -0.324 e. The standard InChI is InChI=1S/C21H21N3/c1-15(2)12-14-24-19-11-4-3-10-18(19)23-21(24)17-9-5-7-16-8-6-13-22-20(16)17/h3-11,13,15H,12,14H2,1-2H3. The first-order valence-corrected chi connectivity index (χ1v) is 8.53. The monoisotopic (exact) mass is 315 g/mol. The molecule has 0 N–H and O–H groups in total. The molecule has 0 radical (unpaired) electrons. The number of nitrogens with zero attached hydrogens (tertiary/aromatic N) is 3. The van der Waals surface area contributed by atoms with Crippen LogP contribution < -0.4 is 0 Å². The third kappa shape index (κ3) is 2.56. The van der Waals surface area contributed by atoms with E-state index in [1.54, 1.807) is 0 Å². The number of fused-ring (bicyclic) bond motifs is 2. The lowest BCUT2D eigenvalue weighted by Crippen LogP contribution is -2.04. The second-order valence-corrected chi connectivity index (χ2v) is 6.64. The summed E-state index contributed by atoms with van der Waals surface area (Å²) in [7, 11) is 0. The first-order chi connectivity index (χ1) is 11.7. The number of aromatic nitrogens is 3. The van der Waals surface area contributed by atoms with Gasteiger partial charge in [0.25, 0.3) is 0 Å². The van der Waals surface area contributed by atoms with E-state index in [1.807, 2.05) is 18.3 Å². The van der Waals surface area contributed by atoms with Crippen molar-refractivity contribution in [3.63, 3.8) is 0 Å². The fraction of sp³-hybridized carbons (Fsp3) is 0.238. The lowest BCUT2D eigenvalue weighted by molar-refractivity contribution is 0.525. The molecular weight excluding hydrogens is 294 g/mol. The van der Waals surface area contributed by atoms with Gasteiger partial charge in [-0.05, 0) is 36.6 Å². The number of rotatable bonds is 4. The zero-order chi connectivity index (χ0) is 16.5. The minimum absolute atomic E-state index is 0.657. The summed E-state index contributed by atoms with van der Waals surface area (Å²) in [6, 6.07) is 18.8. The molecule has 2 heterocycles. The van der Waals surface area contributed by atoms with Crippen molar-refractivity contribution in [2.45, 2.75) is 26.8 Å². The van der Waals surface area contributed by atoms with E-state index in [2.05, 4.69) is 65.9 Å². The average molecular weight is 315 g/mol. The van der Waals surface area contributed by atoms with Gasteiger partial charge in [-0.2, -0.15) is 0 Å². The average Bonchev–Trinajstić information content (AvgIpc) is 2.98. The Hall–Kier alpha value is -2.68. The van der Waals surface area contributed by atoms with Gasteiger partial charge in [0.05, 0.1) is 16.6 Å². The molecule has 120 valence electrons. The maximum absolute atomic E-state index is 4.93. The predicted molar refractivity (Wildman–Crippen MR) is 99.9 cm³/mol. The van der Waals surface area contributed by atoms with Crippen molar-refractivity contribution in [2.75, 3.05) is 0 Å². The molecule has 3 nitrogen and oxygen atoms in total. The van der Waals surface area contributed by atoms with Crippen LogP contribution in [0.5, 0.6) is 0 Å². The Morgan fingerprint density at radius 2 is 1.79 bits per heavy atom. The van der Waals surface area contributed by atoms with Crippen LogP contribution >= 0.6 is 0 Å². The third-order valence-electron chi connectivity index (χ3n) is 4.46. The second kappa shape index (κ2) is 6.08. The largest absolute Gasteiger partial charge is 0.324 e. The van der Waals surface area contributed by atoms with Crippen molar-refractivity contribution in [3.8, 4) is 11.4 Å². The quantitative estimate of drug-likeness (QED) is 0.512. The molecule has 4 rings (SSSR count). The molecular formula is C21H21N3. The van der Waals surface area contributed by atoms with Gasteiger partial charge in [0.1, 0.15) is 5.82 Å². The van der Waals surface area contributed by atoms with Crippen LogP contribution in [-0.4, -0.2) is 14.5 Å². The van der Waals surface area contributed by atoms with Crippen LogP contribution in [0.25, 0.3) is 33.3 Å². The summed E-state index contributed by atoms with van der Waals surface area (Å²) in [5, 5.41) is 1.15. The molecule has 0 atom stereocenters. The summed E-state index contributed by atoms with van der Waals surface area (Å²) in [5.74, 6) is 1.67. The van der Waals surface area contributed by atoms with Gasteiger partial charge in [0.2, 0.25) is 0 Å². The molecule has 0 aliphatic carbocycles. The van der Waals surface area contributed by atoms with Crippen LogP contribution in [0.2, 0.25) is 0 Å². The molecule has 3 heteroatoms. The first-order valence-electron chi connectivity index (χ1n) is 8.53. The molecule has 0 unspecified atom stereocenters. The van der Waals surface area contributed by atoms with E-state index < -0.39 is 0 Å². The van der Waals surface area contributed by atoms with Crippen LogP contribution in [0.3, 0.4) is 0 Å². The summed E-state index contributed by atoms with van der Waals surface area (Å²) in [4.78, 5) is 9.54. The Morgan fingerprint density at radius 3 is 2.67 bits per heavy atom. The Bertz CT molecular complexity index is 993. The lowest BCUT2D eigenvalue weighted by Gasteiger charge is -2.12. The fourth-order valence-corrected chi connectivity index (χ4v) is 3.18. The van der Waals surface area contributed by atoms with Crippen LogP contribution in [0, 0.1) is 5.92 Å². The van der Waals surface area contributed by atoms with Crippen molar-refractivity contribution in [3.05, 3.63) is 60.8 Å². The molecule has 0 saturated carbocycles. The first kappa shape index (κ1) is 14.9. The molecule has 0 aliphatic rings. The van der Waals surface area contributed by atoms with Crippen molar-refractivity contribution >= 4 is 21.9 Å². The highest BCUT2D eigenvalue weighted by atomic mass is 15.1. The van der Waals surface area contributed by atoms with Gasteiger partial charge in [-0.25, -0.2) is 4.98 Å². The molecule has 2 aromatic carbocycles. The van der Waals surface area contributed by atoms with Crippen molar-refractivity contribution in [2.24, 2.45) is 5.92 Å². The Kier molecular flexibility index (Phi) is 3.77. The molecule has 2 aromatic heterocycles. The highest BCUT2D eigenvalue weighted by molar-refractivity contribution is 5.94. The number of aryl methyl sites for hydroxylation is 1. The van der Waals surface area contributed by atoms with Crippen molar-refractivity contribution in [1.29, 1.82) is 0 Å². The molecule has 0 aliphatic heterocycles. The summed E-state index contributed by atoms with van der Waals surface area (Å²) >= 11 is 0. The van der Waals surface area contributed by atoms with E-state index in [0.29, 0.717) is 5.92 Å². The normalized spacial score (nSPS) is 11.6. The van der Waals surface area contributed by atoms with Gasteiger partial charge in [-0.15, -0.1) is 0 Å². The number of hydrogen-bond donors (Lipinski definition) is 0. The van der Waals surface area contributed by atoms with E-state index in [-0.39, 0.29) is 0 Å². The van der Waals surface area contributed by atoms with Crippen LogP contribution in [0.4, 0.5) is 0 Å². The number of pyridine rings is 1. The van der Waals surface area contributed by atoms with Crippen molar-refractivity contribution in [1.82, 2.24) is 14.5 Å². The summed E-state index contributed by atoms with van der Waals surface area (Å²) in [6.45, 7) is 5.49. The highest BCUT2D eigenvalue weighted by Crippen LogP contribution is 2.30. The maximum Gasteiger partial charge on any atom is 0.143 e.